The van der Waals surface area contributed by atoms with Crippen molar-refractivity contribution in [2.75, 3.05) is 0 Å². The van der Waals surface area contributed by atoms with Crippen LogP contribution in [0.3, 0.4) is 0 Å². The SMILES string of the molecule is C=CC(=O)OC(CCCCCCCCCCCCC)OC(=O)C=C. The lowest BCUT2D eigenvalue weighted by atomic mass is 10.1. The smallest absolute Gasteiger partial charge is 0.333 e. The number of carbonyl (C=O) groups excluding carboxylic acids is 2. The molecule has 0 aromatic heterocycles. The van der Waals surface area contributed by atoms with Crippen LogP contribution in [0.5, 0.6) is 0 Å². The van der Waals surface area contributed by atoms with E-state index in [4.69, 9.17) is 9.47 Å². The molecule has 4 nitrogen and oxygen atoms in total. The molecule has 0 aliphatic carbocycles. The maximum Gasteiger partial charge on any atom is 0.333 e. The molecule has 0 N–H and O–H groups in total. The first-order chi connectivity index (χ1) is 11.6. The predicted octanol–water partition coefficient (Wildman–Crippen LogP) is 5.47. The number of unbranched alkanes of at least 4 members (excludes halogenated alkanes) is 10. The Balaban J connectivity index is 3.68. The molecule has 0 amide bonds. The molecule has 0 rings (SSSR count). The largest absolute Gasteiger partial charge is 0.422 e. The summed E-state index contributed by atoms with van der Waals surface area (Å²) >= 11 is 0. The fourth-order valence-electron chi connectivity index (χ4n) is 2.47. The highest BCUT2D eigenvalue weighted by Crippen LogP contribution is 2.14. The van der Waals surface area contributed by atoms with E-state index in [1.54, 1.807) is 0 Å². The van der Waals surface area contributed by atoms with Crippen LogP contribution in [0.1, 0.15) is 84.0 Å². The molecule has 0 bridgehead atoms. The van der Waals surface area contributed by atoms with Gasteiger partial charge in [-0.3, -0.25) is 0 Å². The summed E-state index contributed by atoms with van der Waals surface area (Å²) in [7, 11) is 0. The highest BCUT2D eigenvalue weighted by molar-refractivity contribution is 5.82. The predicted molar refractivity (Wildman–Crippen MR) is 97.4 cm³/mol. The van der Waals surface area contributed by atoms with Crippen LogP contribution in [0.15, 0.2) is 25.3 Å². The van der Waals surface area contributed by atoms with Gasteiger partial charge in [0.1, 0.15) is 0 Å². The number of esters is 2. The van der Waals surface area contributed by atoms with Crippen molar-refractivity contribution < 1.29 is 19.1 Å². The maximum absolute atomic E-state index is 11.2. The van der Waals surface area contributed by atoms with E-state index < -0.39 is 18.2 Å². The van der Waals surface area contributed by atoms with Gasteiger partial charge in [0.05, 0.1) is 0 Å². The van der Waals surface area contributed by atoms with Gasteiger partial charge in [-0.25, -0.2) is 9.59 Å². The molecule has 0 saturated carbocycles. The number of rotatable bonds is 16. The Morgan fingerprint density at radius 1 is 0.750 bits per heavy atom. The quantitative estimate of drug-likeness (QED) is 0.162. The van der Waals surface area contributed by atoms with Crippen LogP contribution in [-0.2, 0) is 19.1 Å². The number of ether oxygens (including phenoxy) is 2. The Morgan fingerprint density at radius 3 is 1.50 bits per heavy atom. The summed E-state index contributed by atoms with van der Waals surface area (Å²) in [6.07, 6.45) is 15.4. The van der Waals surface area contributed by atoms with Crippen molar-refractivity contribution in [3.63, 3.8) is 0 Å². The van der Waals surface area contributed by atoms with Crippen LogP contribution in [0.25, 0.3) is 0 Å². The van der Waals surface area contributed by atoms with Gasteiger partial charge in [0.25, 0.3) is 0 Å². The van der Waals surface area contributed by atoms with Crippen molar-refractivity contribution >= 4 is 11.9 Å². The van der Waals surface area contributed by atoms with E-state index >= 15 is 0 Å². The third kappa shape index (κ3) is 14.0. The second-order valence-electron chi connectivity index (χ2n) is 6.04. The molecule has 4 heteroatoms. The first-order valence-electron chi connectivity index (χ1n) is 9.30. The summed E-state index contributed by atoms with van der Waals surface area (Å²) in [5.74, 6) is -1.17. The second kappa shape index (κ2) is 16.3. The van der Waals surface area contributed by atoms with Crippen LogP contribution in [0.4, 0.5) is 0 Å². The van der Waals surface area contributed by atoms with Crippen molar-refractivity contribution in [2.45, 2.75) is 90.3 Å². The molecule has 0 radical (unpaired) electrons. The van der Waals surface area contributed by atoms with Gasteiger partial charge >= 0.3 is 11.9 Å². The van der Waals surface area contributed by atoms with Crippen LogP contribution in [0.2, 0.25) is 0 Å². The second-order valence-corrected chi connectivity index (χ2v) is 6.04. The summed E-state index contributed by atoms with van der Waals surface area (Å²) in [5, 5.41) is 0. The molecule has 0 spiro atoms. The molecular formula is C20H34O4. The van der Waals surface area contributed by atoms with Gasteiger partial charge in [-0.1, -0.05) is 84.3 Å². The first-order valence-corrected chi connectivity index (χ1v) is 9.30. The topological polar surface area (TPSA) is 52.6 Å². The fourth-order valence-corrected chi connectivity index (χ4v) is 2.47. The summed E-state index contributed by atoms with van der Waals surface area (Å²) in [4.78, 5) is 22.5. The average Bonchev–Trinajstić information content (AvgIpc) is 2.59. The van der Waals surface area contributed by atoms with Crippen molar-refractivity contribution in [3.8, 4) is 0 Å². The number of carbonyl (C=O) groups is 2. The van der Waals surface area contributed by atoms with Gasteiger partial charge < -0.3 is 9.47 Å². The molecule has 0 aliphatic rings. The van der Waals surface area contributed by atoms with Crippen LogP contribution in [0, 0.1) is 0 Å². The van der Waals surface area contributed by atoms with E-state index in [-0.39, 0.29) is 0 Å². The normalized spacial score (nSPS) is 10.4. The Bertz CT molecular complexity index is 341. The van der Waals surface area contributed by atoms with Crippen molar-refractivity contribution in [1.29, 1.82) is 0 Å². The number of hydrogen-bond acceptors (Lipinski definition) is 4. The molecule has 0 heterocycles. The first kappa shape index (κ1) is 22.4. The molecule has 0 aromatic rings. The summed E-state index contributed by atoms with van der Waals surface area (Å²) < 4.78 is 10.0. The minimum absolute atomic E-state index is 0.510. The molecule has 0 atom stereocenters. The maximum atomic E-state index is 11.2. The van der Waals surface area contributed by atoms with Crippen molar-refractivity contribution in [2.24, 2.45) is 0 Å². The molecule has 24 heavy (non-hydrogen) atoms. The third-order valence-electron chi connectivity index (χ3n) is 3.87. The Labute approximate surface area is 147 Å². The highest BCUT2D eigenvalue weighted by atomic mass is 16.7. The monoisotopic (exact) mass is 338 g/mol. The minimum Gasteiger partial charge on any atom is -0.422 e. The van der Waals surface area contributed by atoms with Gasteiger partial charge in [0.2, 0.25) is 6.29 Å². The lowest BCUT2D eigenvalue weighted by Crippen LogP contribution is -2.23. The van der Waals surface area contributed by atoms with E-state index in [9.17, 15) is 9.59 Å². The van der Waals surface area contributed by atoms with Crippen LogP contribution < -0.4 is 0 Å². The molecule has 138 valence electrons. The lowest BCUT2D eigenvalue weighted by Gasteiger charge is -2.16. The third-order valence-corrected chi connectivity index (χ3v) is 3.87. The molecule has 0 aliphatic heterocycles. The van der Waals surface area contributed by atoms with E-state index in [0.717, 1.165) is 31.4 Å². The van der Waals surface area contributed by atoms with Gasteiger partial charge in [0, 0.05) is 18.6 Å². The summed E-state index contributed by atoms with van der Waals surface area (Å²) in [6.45, 7) is 8.92. The van der Waals surface area contributed by atoms with Gasteiger partial charge in [-0.2, -0.15) is 0 Å². The zero-order valence-corrected chi connectivity index (χ0v) is 15.3. The zero-order chi connectivity index (χ0) is 18.0. The molecular weight excluding hydrogens is 304 g/mol. The van der Waals surface area contributed by atoms with Crippen molar-refractivity contribution in [3.05, 3.63) is 25.3 Å². The van der Waals surface area contributed by atoms with Crippen LogP contribution >= 0.6 is 0 Å². The standard InChI is InChI=1S/C20H34O4/c1-4-7-8-9-10-11-12-13-14-15-16-17-20(23-18(21)5-2)24-19(22)6-3/h5-6,20H,2-4,7-17H2,1H3. The van der Waals surface area contributed by atoms with E-state index in [2.05, 4.69) is 20.1 Å². The van der Waals surface area contributed by atoms with Gasteiger partial charge in [0.15, 0.2) is 0 Å². The zero-order valence-electron chi connectivity index (χ0n) is 15.3. The lowest BCUT2D eigenvalue weighted by molar-refractivity contribution is -0.182. The van der Waals surface area contributed by atoms with E-state index in [1.807, 2.05) is 0 Å². The molecule has 0 saturated heterocycles. The fraction of sp³-hybridized carbons (Fsp3) is 0.700. The van der Waals surface area contributed by atoms with Gasteiger partial charge in [-0.05, 0) is 6.42 Å². The van der Waals surface area contributed by atoms with Gasteiger partial charge in [-0.15, -0.1) is 0 Å². The molecule has 0 fully saturated rings. The van der Waals surface area contributed by atoms with E-state index in [1.165, 1.54) is 51.4 Å². The Kier molecular flexibility index (Phi) is 15.2. The Morgan fingerprint density at radius 2 is 1.12 bits per heavy atom. The molecule has 0 unspecified atom stereocenters. The average molecular weight is 338 g/mol. The number of hydrogen-bond donors (Lipinski definition) is 0. The summed E-state index contributed by atoms with van der Waals surface area (Å²) in [6, 6.07) is 0. The van der Waals surface area contributed by atoms with Crippen molar-refractivity contribution in [1.82, 2.24) is 0 Å². The van der Waals surface area contributed by atoms with Crippen LogP contribution in [-0.4, -0.2) is 18.2 Å². The molecule has 0 aromatic carbocycles. The minimum atomic E-state index is -0.848. The highest BCUT2D eigenvalue weighted by Gasteiger charge is 2.15. The Hall–Kier alpha value is -1.58. The summed E-state index contributed by atoms with van der Waals surface area (Å²) in [5.41, 5.74) is 0. The van der Waals surface area contributed by atoms with E-state index in [0.29, 0.717) is 6.42 Å².